The molecular weight excluding hydrogens is 200 g/mol. The summed E-state index contributed by atoms with van der Waals surface area (Å²) in [4.78, 5) is 18.3. The Morgan fingerprint density at radius 1 is 1.19 bits per heavy atom. The molecule has 0 aliphatic rings. The van der Waals surface area contributed by atoms with E-state index in [9.17, 15) is 4.79 Å². The lowest BCUT2D eigenvalue weighted by molar-refractivity contribution is 1.08. The van der Waals surface area contributed by atoms with Gasteiger partial charge in [0.15, 0.2) is 0 Å². The first-order chi connectivity index (χ1) is 7.59. The standard InChI is InChI=1S/C13H14N2O/c1-8-4-5-9(2)11(6-8)12-10(3)13(16)15-7-14-12/h4-7H,1-3H3,(H,14,15,16). The minimum atomic E-state index is -0.0779. The molecular formula is C13H14N2O. The lowest BCUT2D eigenvalue weighted by Gasteiger charge is -2.08. The Balaban J connectivity index is 2.72. The van der Waals surface area contributed by atoms with E-state index < -0.39 is 0 Å². The Labute approximate surface area is 94.2 Å². The first kappa shape index (κ1) is 10.6. The lowest BCUT2D eigenvalue weighted by atomic mass is 10.0. The van der Waals surface area contributed by atoms with Crippen molar-refractivity contribution in [2.24, 2.45) is 0 Å². The maximum absolute atomic E-state index is 11.5. The third kappa shape index (κ3) is 1.76. The highest BCUT2D eigenvalue weighted by molar-refractivity contribution is 5.66. The van der Waals surface area contributed by atoms with Gasteiger partial charge in [-0.1, -0.05) is 17.7 Å². The van der Waals surface area contributed by atoms with Gasteiger partial charge < -0.3 is 4.98 Å². The van der Waals surface area contributed by atoms with Gasteiger partial charge in [0, 0.05) is 11.1 Å². The molecule has 0 fully saturated rings. The second-order valence-electron chi connectivity index (χ2n) is 4.02. The van der Waals surface area contributed by atoms with Gasteiger partial charge in [-0.3, -0.25) is 4.79 Å². The number of rotatable bonds is 1. The van der Waals surface area contributed by atoms with Crippen molar-refractivity contribution in [1.82, 2.24) is 9.97 Å². The Hall–Kier alpha value is -1.90. The van der Waals surface area contributed by atoms with E-state index >= 15 is 0 Å². The van der Waals surface area contributed by atoms with Gasteiger partial charge in [-0.05, 0) is 32.4 Å². The molecule has 1 aromatic carbocycles. The van der Waals surface area contributed by atoms with E-state index in [0.29, 0.717) is 5.56 Å². The lowest BCUT2D eigenvalue weighted by Crippen LogP contribution is -2.11. The average Bonchev–Trinajstić information content (AvgIpc) is 2.26. The van der Waals surface area contributed by atoms with Crippen LogP contribution in [0.15, 0.2) is 29.3 Å². The zero-order valence-corrected chi connectivity index (χ0v) is 9.66. The maximum Gasteiger partial charge on any atom is 0.254 e. The van der Waals surface area contributed by atoms with Gasteiger partial charge in [0.05, 0.1) is 12.0 Å². The summed E-state index contributed by atoms with van der Waals surface area (Å²) in [7, 11) is 0. The van der Waals surface area contributed by atoms with Crippen LogP contribution in [0.25, 0.3) is 11.3 Å². The van der Waals surface area contributed by atoms with Gasteiger partial charge in [-0.25, -0.2) is 4.98 Å². The fourth-order valence-corrected chi connectivity index (χ4v) is 1.73. The third-order valence-electron chi connectivity index (χ3n) is 2.73. The molecule has 0 bridgehead atoms. The molecule has 16 heavy (non-hydrogen) atoms. The second-order valence-corrected chi connectivity index (χ2v) is 4.02. The van der Waals surface area contributed by atoms with Crippen LogP contribution in [-0.2, 0) is 0 Å². The highest BCUT2D eigenvalue weighted by atomic mass is 16.1. The largest absolute Gasteiger partial charge is 0.313 e. The number of aromatic nitrogens is 2. The van der Waals surface area contributed by atoms with E-state index in [1.54, 1.807) is 6.92 Å². The molecule has 3 nitrogen and oxygen atoms in total. The normalized spacial score (nSPS) is 10.4. The van der Waals surface area contributed by atoms with Crippen LogP contribution in [0.5, 0.6) is 0 Å². The minimum absolute atomic E-state index is 0.0779. The summed E-state index contributed by atoms with van der Waals surface area (Å²) < 4.78 is 0. The first-order valence-electron chi connectivity index (χ1n) is 5.21. The van der Waals surface area contributed by atoms with Gasteiger partial charge in [-0.2, -0.15) is 0 Å². The fraction of sp³-hybridized carbons (Fsp3) is 0.231. The molecule has 0 unspecified atom stereocenters. The Kier molecular flexibility index (Phi) is 2.60. The monoisotopic (exact) mass is 214 g/mol. The Morgan fingerprint density at radius 2 is 1.94 bits per heavy atom. The summed E-state index contributed by atoms with van der Waals surface area (Å²) >= 11 is 0. The highest BCUT2D eigenvalue weighted by Gasteiger charge is 2.08. The fourth-order valence-electron chi connectivity index (χ4n) is 1.73. The molecule has 0 amide bonds. The van der Waals surface area contributed by atoms with Crippen LogP contribution in [0, 0.1) is 20.8 Å². The van der Waals surface area contributed by atoms with Crippen LogP contribution >= 0.6 is 0 Å². The van der Waals surface area contributed by atoms with Crippen LogP contribution in [0.2, 0.25) is 0 Å². The van der Waals surface area contributed by atoms with Gasteiger partial charge in [0.2, 0.25) is 0 Å². The smallest absolute Gasteiger partial charge is 0.254 e. The van der Waals surface area contributed by atoms with E-state index in [0.717, 1.165) is 16.8 Å². The molecule has 0 atom stereocenters. The summed E-state index contributed by atoms with van der Waals surface area (Å²) in [5, 5.41) is 0. The zero-order valence-electron chi connectivity index (χ0n) is 9.66. The maximum atomic E-state index is 11.5. The minimum Gasteiger partial charge on any atom is -0.313 e. The van der Waals surface area contributed by atoms with Gasteiger partial charge in [-0.15, -0.1) is 0 Å². The molecule has 0 aliphatic heterocycles. The van der Waals surface area contributed by atoms with Crippen molar-refractivity contribution in [1.29, 1.82) is 0 Å². The zero-order chi connectivity index (χ0) is 11.7. The molecule has 2 rings (SSSR count). The summed E-state index contributed by atoms with van der Waals surface area (Å²) in [6, 6.07) is 6.17. The number of benzene rings is 1. The average molecular weight is 214 g/mol. The SMILES string of the molecule is Cc1ccc(C)c(-c2nc[nH]c(=O)c2C)c1. The molecule has 2 aromatic rings. The van der Waals surface area contributed by atoms with Crippen LogP contribution in [0.1, 0.15) is 16.7 Å². The van der Waals surface area contributed by atoms with Crippen molar-refractivity contribution in [3.63, 3.8) is 0 Å². The van der Waals surface area contributed by atoms with Crippen molar-refractivity contribution < 1.29 is 0 Å². The summed E-state index contributed by atoms with van der Waals surface area (Å²) in [6.07, 6.45) is 1.45. The number of aryl methyl sites for hydroxylation is 2. The number of nitrogens with one attached hydrogen (secondary N) is 1. The van der Waals surface area contributed by atoms with Crippen LogP contribution < -0.4 is 5.56 Å². The van der Waals surface area contributed by atoms with Crippen molar-refractivity contribution in [3.8, 4) is 11.3 Å². The number of nitrogens with zero attached hydrogens (tertiary/aromatic N) is 1. The van der Waals surface area contributed by atoms with E-state index in [-0.39, 0.29) is 5.56 Å². The van der Waals surface area contributed by atoms with Crippen molar-refractivity contribution in [2.75, 3.05) is 0 Å². The van der Waals surface area contributed by atoms with E-state index in [4.69, 9.17) is 0 Å². The predicted molar refractivity (Wildman–Crippen MR) is 64.5 cm³/mol. The van der Waals surface area contributed by atoms with Gasteiger partial charge >= 0.3 is 0 Å². The highest BCUT2D eigenvalue weighted by Crippen LogP contribution is 2.23. The molecule has 0 saturated carbocycles. The van der Waals surface area contributed by atoms with Crippen molar-refractivity contribution >= 4 is 0 Å². The topological polar surface area (TPSA) is 45.8 Å². The molecule has 1 aromatic heterocycles. The molecule has 0 aliphatic carbocycles. The summed E-state index contributed by atoms with van der Waals surface area (Å²) in [5.41, 5.74) is 4.68. The first-order valence-corrected chi connectivity index (χ1v) is 5.21. The number of hydrogen-bond donors (Lipinski definition) is 1. The molecule has 1 N–H and O–H groups in total. The summed E-state index contributed by atoms with van der Waals surface area (Å²) in [6.45, 7) is 5.85. The van der Waals surface area contributed by atoms with E-state index in [1.807, 2.05) is 19.9 Å². The molecule has 0 radical (unpaired) electrons. The van der Waals surface area contributed by atoms with Crippen LogP contribution in [0.4, 0.5) is 0 Å². The molecule has 0 saturated heterocycles. The molecule has 0 spiro atoms. The Bertz CT molecular complexity index is 585. The number of aromatic amines is 1. The number of H-pyrrole nitrogens is 1. The quantitative estimate of drug-likeness (QED) is 0.792. The van der Waals surface area contributed by atoms with Crippen molar-refractivity contribution in [2.45, 2.75) is 20.8 Å². The van der Waals surface area contributed by atoms with Crippen molar-refractivity contribution in [3.05, 3.63) is 51.6 Å². The Morgan fingerprint density at radius 3 is 2.69 bits per heavy atom. The third-order valence-corrected chi connectivity index (χ3v) is 2.73. The second kappa shape index (κ2) is 3.93. The molecule has 82 valence electrons. The van der Waals surface area contributed by atoms with Crippen LogP contribution in [-0.4, -0.2) is 9.97 Å². The van der Waals surface area contributed by atoms with E-state index in [1.165, 1.54) is 11.9 Å². The summed E-state index contributed by atoms with van der Waals surface area (Å²) in [5.74, 6) is 0. The molecule has 1 heterocycles. The molecule has 3 heteroatoms. The van der Waals surface area contributed by atoms with Gasteiger partial charge in [0.1, 0.15) is 0 Å². The predicted octanol–water partition coefficient (Wildman–Crippen LogP) is 2.36. The van der Waals surface area contributed by atoms with Crippen LogP contribution in [0.3, 0.4) is 0 Å². The number of hydrogen-bond acceptors (Lipinski definition) is 2. The van der Waals surface area contributed by atoms with E-state index in [2.05, 4.69) is 22.1 Å². The van der Waals surface area contributed by atoms with Gasteiger partial charge in [0.25, 0.3) is 5.56 Å².